The van der Waals surface area contributed by atoms with Gasteiger partial charge in [0.25, 0.3) is 0 Å². The van der Waals surface area contributed by atoms with E-state index in [0.717, 1.165) is 24.8 Å². The number of fused-ring (bicyclic) bond motifs is 1. The van der Waals surface area contributed by atoms with E-state index in [1.165, 1.54) is 16.3 Å². The van der Waals surface area contributed by atoms with Crippen molar-refractivity contribution in [1.29, 1.82) is 0 Å². The first kappa shape index (κ1) is 18.8. The van der Waals surface area contributed by atoms with Crippen LogP contribution in [-0.2, 0) is 12.8 Å². The van der Waals surface area contributed by atoms with Crippen LogP contribution in [0, 0.1) is 0 Å². The van der Waals surface area contributed by atoms with Gasteiger partial charge in [-0.1, -0.05) is 54.6 Å². The zero-order valence-corrected chi connectivity index (χ0v) is 15.7. The Morgan fingerprint density at radius 2 is 1.70 bits per heavy atom. The van der Waals surface area contributed by atoms with E-state index in [-0.39, 0.29) is 11.8 Å². The van der Waals surface area contributed by atoms with Gasteiger partial charge in [0.15, 0.2) is 0 Å². The molecule has 27 heavy (non-hydrogen) atoms. The molecule has 3 aromatic carbocycles. The summed E-state index contributed by atoms with van der Waals surface area (Å²) in [7, 11) is 1.83. The number of nitrogens with one attached hydrogen (secondary N) is 1. The van der Waals surface area contributed by atoms with Crippen LogP contribution < -0.4 is 5.32 Å². The minimum absolute atomic E-state index is 0.0408. The molecule has 0 heterocycles. The van der Waals surface area contributed by atoms with Crippen molar-refractivity contribution in [1.82, 2.24) is 10.2 Å². The van der Waals surface area contributed by atoms with Crippen LogP contribution in [0.25, 0.3) is 10.8 Å². The number of likely N-dealkylation sites (N-methyl/N-ethyl adjacent to an activating group) is 1. The lowest BCUT2D eigenvalue weighted by molar-refractivity contribution is 0.209. The average molecular weight is 362 g/mol. The summed E-state index contributed by atoms with van der Waals surface area (Å²) in [4.78, 5) is 14.0. The van der Waals surface area contributed by atoms with Gasteiger partial charge in [0, 0.05) is 20.1 Å². The van der Waals surface area contributed by atoms with Crippen LogP contribution in [0.3, 0.4) is 0 Å². The van der Waals surface area contributed by atoms with E-state index in [1.807, 2.05) is 25.2 Å². The summed E-state index contributed by atoms with van der Waals surface area (Å²) in [6.45, 7) is 1.32. The molecule has 0 aromatic heterocycles. The zero-order chi connectivity index (χ0) is 19.1. The molecule has 0 bridgehead atoms. The first-order valence-electron chi connectivity index (χ1n) is 9.37. The third kappa shape index (κ3) is 5.23. The Hall–Kier alpha value is -3.01. The summed E-state index contributed by atoms with van der Waals surface area (Å²) in [5.41, 5.74) is 2.42. The Morgan fingerprint density at radius 1 is 0.963 bits per heavy atom. The van der Waals surface area contributed by atoms with E-state index in [0.29, 0.717) is 13.1 Å². The van der Waals surface area contributed by atoms with Crippen molar-refractivity contribution in [2.24, 2.45) is 0 Å². The fourth-order valence-electron chi connectivity index (χ4n) is 3.19. The summed E-state index contributed by atoms with van der Waals surface area (Å²) >= 11 is 0. The Balaban J connectivity index is 1.43. The van der Waals surface area contributed by atoms with E-state index >= 15 is 0 Å². The molecule has 2 N–H and O–H groups in total. The summed E-state index contributed by atoms with van der Waals surface area (Å²) in [5, 5.41) is 14.8. The van der Waals surface area contributed by atoms with Gasteiger partial charge in [0.1, 0.15) is 5.75 Å². The second-order valence-corrected chi connectivity index (χ2v) is 6.81. The third-order valence-electron chi connectivity index (χ3n) is 4.80. The van der Waals surface area contributed by atoms with Crippen LogP contribution in [0.15, 0.2) is 66.7 Å². The SMILES string of the molecule is CN(CCc1cccc2ccccc12)C(=O)NCCCc1ccc(O)cc1. The number of amides is 2. The highest BCUT2D eigenvalue weighted by Crippen LogP contribution is 2.19. The fraction of sp³-hybridized carbons (Fsp3) is 0.261. The van der Waals surface area contributed by atoms with Crippen molar-refractivity contribution < 1.29 is 9.90 Å². The first-order chi connectivity index (χ1) is 13.1. The molecule has 0 atom stereocenters. The normalized spacial score (nSPS) is 10.7. The highest BCUT2D eigenvalue weighted by Gasteiger charge is 2.09. The van der Waals surface area contributed by atoms with Gasteiger partial charge in [-0.3, -0.25) is 0 Å². The Bertz CT molecular complexity index is 885. The third-order valence-corrected chi connectivity index (χ3v) is 4.80. The quantitative estimate of drug-likeness (QED) is 0.614. The zero-order valence-electron chi connectivity index (χ0n) is 15.7. The number of carbonyl (C=O) groups excluding carboxylic acids is 1. The fourth-order valence-corrected chi connectivity index (χ4v) is 3.19. The topological polar surface area (TPSA) is 52.6 Å². The van der Waals surface area contributed by atoms with Crippen molar-refractivity contribution >= 4 is 16.8 Å². The minimum atomic E-state index is -0.0408. The van der Waals surface area contributed by atoms with Crippen LogP contribution in [0.2, 0.25) is 0 Å². The summed E-state index contributed by atoms with van der Waals surface area (Å²) in [6.07, 6.45) is 2.58. The number of hydrogen-bond acceptors (Lipinski definition) is 2. The van der Waals surface area contributed by atoms with E-state index in [2.05, 4.69) is 41.7 Å². The molecule has 0 spiro atoms. The number of urea groups is 1. The van der Waals surface area contributed by atoms with Gasteiger partial charge in [0.2, 0.25) is 0 Å². The van der Waals surface area contributed by atoms with Gasteiger partial charge in [-0.05, 0) is 53.3 Å². The molecule has 4 heteroatoms. The van der Waals surface area contributed by atoms with Gasteiger partial charge < -0.3 is 15.3 Å². The van der Waals surface area contributed by atoms with Gasteiger partial charge in [0.05, 0.1) is 0 Å². The van der Waals surface area contributed by atoms with Crippen molar-refractivity contribution in [3.63, 3.8) is 0 Å². The molecular weight excluding hydrogens is 336 g/mol. The lowest BCUT2D eigenvalue weighted by Crippen LogP contribution is -2.38. The van der Waals surface area contributed by atoms with E-state index in [9.17, 15) is 9.90 Å². The first-order valence-corrected chi connectivity index (χ1v) is 9.37. The number of aryl methyl sites for hydroxylation is 1. The molecular formula is C23H26N2O2. The number of benzene rings is 3. The number of nitrogens with zero attached hydrogens (tertiary/aromatic N) is 1. The largest absolute Gasteiger partial charge is 0.508 e. The second kappa shape index (κ2) is 9.08. The molecule has 2 amide bonds. The molecule has 0 aliphatic carbocycles. The molecule has 140 valence electrons. The van der Waals surface area contributed by atoms with Crippen LogP contribution in [0.5, 0.6) is 5.75 Å². The molecule has 0 aliphatic rings. The lowest BCUT2D eigenvalue weighted by Gasteiger charge is -2.18. The van der Waals surface area contributed by atoms with Gasteiger partial charge in [-0.25, -0.2) is 4.79 Å². The smallest absolute Gasteiger partial charge is 0.317 e. The van der Waals surface area contributed by atoms with Crippen molar-refractivity contribution in [2.75, 3.05) is 20.1 Å². The average Bonchev–Trinajstić information content (AvgIpc) is 2.70. The van der Waals surface area contributed by atoms with Crippen LogP contribution >= 0.6 is 0 Å². The number of rotatable bonds is 7. The number of phenols is 1. The minimum Gasteiger partial charge on any atom is -0.508 e. The molecule has 0 unspecified atom stereocenters. The summed E-state index contributed by atoms with van der Waals surface area (Å²) in [6, 6.07) is 21.8. The molecule has 0 aliphatic heterocycles. The molecule has 4 nitrogen and oxygen atoms in total. The van der Waals surface area contributed by atoms with Crippen LogP contribution in [-0.4, -0.2) is 36.2 Å². The van der Waals surface area contributed by atoms with Gasteiger partial charge >= 0.3 is 6.03 Å². The number of carbonyl (C=O) groups is 1. The maximum absolute atomic E-state index is 12.3. The molecule has 0 radical (unpaired) electrons. The number of hydrogen-bond donors (Lipinski definition) is 2. The molecule has 3 aromatic rings. The molecule has 0 saturated heterocycles. The van der Waals surface area contributed by atoms with E-state index < -0.39 is 0 Å². The number of aromatic hydroxyl groups is 1. The summed E-state index contributed by atoms with van der Waals surface area (Å²) in [5.74, 6) is 0.278. The predicted molar refractivity (Wildman–Crippen MR) is 110 cm³/mol. The van der Waals surface area contributed by atoms with E-state index in [4.69, 9.17) is 0 Å². The monoisotopic (exact) mass is 362 g/mol. The van der Waals surface area contributed by atoms with Gasteiger partial charge in [-0.15, -0.1) is 0 Å². The Kier molecular flexibility index (Phi) is 6.31. The molecule has 0 fully saturated rings. The Labute approximate surface area is 160 Å². The lowest BCUT2D eigenvalue weighted by atomic mass is 10.0. The van der Waals surface area contributed by atoms with Crippen LogP contribution in [0.1, 0.15) is 17.5 Å². The summed E-state index contributed by atoms with van der Waals surface area (Å²) < 4.78 is 0. The Morgan fingerprint density at radius 3 is 2.52 bits per heavy atom. The molecule has 0 saturated carbocycles. The second-order valence-electron chi connectivity index (χ2n) is 6.81. The van der Waals surface area contributed by atoms with Crippen LogP contribution in [0.4, 0.5) is 4.79 Å². The maximum atomic E-state index is 12.3. The predicted octanol–water partition coefficient (Wildman–Crippen LogP) is 4.36. The molecule has 3 rings (SSSR count). The van der Waals surface area contributed by atoms with Crippen molar-refractivity contribution in [3.05, 3.63) is 77.9 Å². The standard InChI is InChI=1S/C23H26N2O2/c1-25(17-15-20-9-4-8-19-7-2-3-10-22(19)20)23(27)24-16-5-6-18-11-13-21(26)14-12-18/h2-4,7-14,26H,5-6,15-17H2,1H3,(H,24,27). The number of phenolic OH excluding ortho intramolecular Hbond substituents is 1. The highest BCUT2D eigenvalue weighted by molar-refractivity contribution is 5.85. The van der Waals surface area contributed by atoms with E-state index in [1.54, 1.807) is 17.0 Å². The van der Waals surface area contributed by atoms with Crippen molar-refractivity contribution in [2.45, 2.75) is 19.3 Å². The maximum Gasteiger partial charge on any atom is 0.317 e. The highest BCUT2D eigenvalue weighted by atomic mass is 16.3. The van der Waals surface area contributed by atoms with Gasteiger partial charge in [-0.2, -0.15) is 0 Å². The van der Waals surface area contributed by atoms with Crippen molar-refractivity contribution in [3.8, 4) is 5.75 Å².